The molecule has 0 aliphatic rings. The molecule has 0 aromatic carbocycles. The molecule has 5 heteroatoms. The van der Waals surface area contributed by atoms with Crippen molar-refractivity contribution in [2.75, 3.05) is 0 Å². The zero-order chi connectivity index (χ0) is 13.9. The summed E-state index contributed by atoms with van der Waals surface area (Å²) in [4.78, 5) is 25.0. The number of hydrogen-bond acceptors (Lipinski definition) is 3. The van der Waals surface area contributed by atoms with Crippen molar-refractivity contribution < 1.29 is 14.7 Å². The standard InChI is InChI=1S/C13H19NO3S/c1-8-5-6-10(18-8)9(2)14-11(15)7-13(3,4)12(16)17/h5-6,9H,7H2,1-4H3,(H,14,15)(H,16,17). The van der Waals surface area contributed by atoms with Crippen molar-refractivity contribution in [1.29, 1.82) is 0 Å². The number of nitrogens with one attached hydrogen (secondary N) is 1. The lowest BCUT2D eigenvalue weighted by Crippen LogP contribution is -2.34. The quantitative estimate of drug-likeness (QED) is 0.863. The number of carboxylic acids is 1. The van der Waals surface area contributed by atoms with Crippen molar-refractivity contribution >= 4 is 23.2 Å². The summed E-state index contributed by atoms with van der Waals surface area (Å²) in [5.74, 6) is -1.20. The van der Waals surface area contributed by atoms with Crippen molar-refractivity contribution in [3.05, 3.63) is 21.9 Å². The van der Waals surface area contributed by atoms with Crippen LogP contribution in [0.2, 0.25) is 0 Å². The van der Waals surface area contributed by atoms with Crippen molar-refractivity contribution in [2.24, 2.45) is 5.41 Å². The molecular formula is C13H19NO3S. The first-order valence-electron chi connectivity index (χ1n) is 5.81. The number of amides is 1. The predicted molar refractivity (Wildman–Crippen MR) is 71.6 cm³/mol. The number of carbonyl (C=O) groups excluding carboxylic acids is 1. The molecule has 1 heterocycles. The summed E-state index contributed by atoms with van der Waals surface area (Å²) < 4.78 is 0. The zero-order valence-corrected chi connectivity index (χ0v) is 11.9. The van der Waals surface area contributed by atoms with Crippen LogP contribution in [-0.4, -0.2) is 17.0 Å². The molecule has 0 saturated heterocycles. The molecule has 0 fully saturated rings. The van der Waals surface area contributed by atoms with Crippen LogP contribution in [0.25, 0.3) is 0 Å². The molecule has 1 aromatic heterocycles. The van der Waals surface area contributed by atoms with Crippen LogP contribution in [0.3, 0.4) is 0 Å². The van der Waals surface area contributed by atoms with Crippen LogP contribution in [-0.2, 0) is 9.59 Å². The maximum Gasteiger partial charge on any atom is 0.309 e. The largest absolute Gasteiger partial charge is 0.481 e. The summed E-state index contributed by atoms with van der Waals surface area (Å²) in [6.45, 7) is 7.01. The smallest absolute Gasteiger partial charge is 0.309 e. The minimum atomic E-state index is -1.03. The second kappa shape index (κ2) is 5.52. The van der Waals surface area contributed by atoms with Crippen LogP contribution in [0.5, 0.6) is 0 Å². The second-order valence-corrected chi connectivity index (χ2v) is 6.42. The van der Waals surface area contributed by atoms with Crippen molar-refractivity contribution in [3.63, 3.8) is 0 Å². The molecular weight excluding hydrogens is 250 g/mol. The molecule has 1 unspecified atom stereocenters. The Kier molecular flexibility index (Phi) is 4.51. The van der Waals surface area contributed by atoms with Crippen LogP contribution < -0.4 is 5.32 Å². The summed E-state index contributed by atoms with van der Waals surface area (Å²) in [6, 6.07) is 3.90. The average Bonchev–Trinajstić information content (AvgIpc) is 2.63. The Morgan fingerprint density at radius 2 is 2.06 bits per heavy atom. The van der Waals surface area contributed by atoms with E-state index in [-0.39, 0.29) is 18.4 Å². The minimum Gasteiger partial charge on any atom is -0.481 e. The fourth-order valence-electron chi connectivity index (χ4n) is 1.53. The van der Waals surface area contributed by atoms with E-state index < -0.39 is 11.4 Å². The number of carbonyl (C=O) groups is 2. The summed E-state index contributed by atoms with van der Waals surface area (Å²) in [5, 5.41) is 11.8. The van der Waals surface area contributed by atoms with E-state index in [1.54, 1.807) is 25.2 Å². The maximum absolute atomic E-state index is 11.8. The monoisotopic (exact) mass is 269 g/mol. The van der Waals surface area contributed by atoms with Gasteiger partial charge in [-0.2, -0.15) is 0 Å². The van der Waals surface area contributed by atoms with E-state index in [0.717, 1.165) is 4.88 Å². The van der Waals surface area contributed by atoms with Gasteiger partial charge in [0.25, 0.3) is 0 Å². The number of aliphatic carboxylic acids is 1. The molecule has 1 atom stereocenters. The van der Waals surface area contributed by atoms with Crippen LogP contribution in [0.4, 0.5) is 0 Å². The summed E-state index contributed by atoms with van der Waals surface area (Å²) >= 11 is 1.63. The first-order valence-corrected chi connectivity index (χ1v) is 6.63. The highest BCUT2D eigenvalue weighted by atomic mass is 32.1. The molecule has 0 saturated carbocycles. The number of rotatable bonds is 5. The van der Waals surface area contributed by atoms with Gasteiger partial charge in [-0.15, -0.1) is 11.3 Å². The first-order chi connectivity index (χ1) is 8.22. The molecule has 0 aliphatic carbocycles. The molecule has 2 N–H and O–H groups in total. The highest BCUT2D eigenvalue weighted by Gasteiger charge is 2.30. The number of carboxylic acid groups (broad SMARTS) is 1. The molecule has 18 heavy (non-hydrogen) atoms. The Morgan fingerprint density at radius 1 is 1.44 bits per heavy atom. The summed E-state index contributed by atoms with van der Waals surface area (Å²) in [5.41, 5.74) is -1.03. The van der Waals surface area contributed by atoms with E-state index in [2.05, 4.69) is 5.32 Å². The Balaban J connectivity index is 2.58. The SMILES string of the molecule is Cc1ccc(C(C)NC(=O)CC(C)(C)C(=O)O)s1. The topological polar surface area (TPSA) is 66.4 Å². The van der Waals surface area contributed by atoms with Gasteiger partial charge in [-0.1, -0.05) is 0 Å². The van der Waals surface area contributed by atoms with Gasteiger partial charge in [0.05, 0.1) is 11.5 Å². The van der Waals surface area contributed by atoms with E-state index in [9.17, 15) is 9.59 Å². The Hall–Kier alpha value is -1.36. The molecule has 0 spiro atoms. The number of aryl methyl sites for hydroxylation is 1. The lowest BCUT2D eigenvalue weighted by Gasteiger charge is -2.20. The van der Waals surface area contributed by atoms with E-state index in [0.29, 0.717) is 0 Å². The van der Waals surface area contributed by atoms with Gasteiger partial charge in [0.1, 0.15) is 0 Å². The lowest BCUT2D eigenvalue weighted by molar-refractivity contribution is -0.149. The van der Waals surface area contributed by atoms with E-state index in [4.69, 9.17) is 5.11 Å². The molecule has 1 aromatic rings. The van der Waals surface area contributed by atoms with Gasteiger partial charge in [0, 0.05) is 16.2 Å². The Morgan fingerprint density at radius 3 is 2.50 bits per heavy atom. The van der Waals surface area contributed by atoms with Gasteiger partial charge in [-0.05, 0) is 39.8 Å². The third-order valence-corrected chi connectivity index (χ3v) is 3.93. The van der Waals surface area contributed by atoms with Gasteiger partial charge in [0.2, 0.25) is 5.91 Å². The van der Waals surface area contributed by atoms with Crippen molar-refractivity contribution in [1.82, 2.24) is 5.32 Å². The second-order valence-electron chi connectivity index (χ2n) is 5.10. The van der Waals surface area contributed by atoms with E-state index in [1.807, 2.05) is 26.0 Å². The molecule has 0 radical (unpaired) electrons. The molecule has 0 bridgehead atoms. The average molecular weight is 269 g/mol. The third kappa shape index (κ3) is 3.84. The highest BCUT2D eigenvalue weighted by Crippen LogP contribution is 2.24. The van der Waals surface area contributed by atoms with Crippen molar-refractivity contribution in [3.8, 4) is 0 Å². The van der Waals surface area contributed by atoms with Gasteiger partial charge < -0.3 is 10.4 Å². The zero-order valence-electron chi connectivity index (χ0n) is 11.1. The Bertz CT molecular complexity index is 451. The summed E-state index contributed by atoms with van der Waals surface area (Å²) in [6.07, 6.45) is -0.0168. The normalized spacial score (nSPS) is 13.1. The minimum absolute atomic E-state index is 0.0168. The predicted octanol–water partition coefficient (Wildman–Crippen LogP) is 2.73. The Labute approximate surface area is 111 Å². The molecule has 1 amide bonds. The van der Waals surface area contributed by atoms with Gasteiger partial charge in [-0.3, -0.25) is 9.59 Å². The lowest BCUT2D eigenvalue weighted by atomic mass is 9.89. The van der Waals surface area contributed by atoms with E-state index >= 15 is 0 Å². The fourth-order valence-corrected chi connectivity index (χ4v) is 2.41. The van der Waals surface area contributed by atoms with Crippen LogP contribution in [0, 0.1) is 12.3 Å². The molecule has 4 nitrogen and oxygen atoms in total. The fraction of sp³-hybridized carbons (Fsp3) is 0.538. The number of hydrogen-bond donors (Lipinski definition) is 2. The van der Waals surface area contributed by atoms with Crippen LogP contribution in [0.1, 0.15) is 43.0 Å². The number of thiophene rings is 1. The molecule has 1 rings (SSSR count). The maximum atomic E-state index is 11.8. The third-order valence-electron chi connectivity index (χ3n) is 2.75. The van der Waals surface area contributed by atoms with Crippen LogP contribution >= 0.6 is 11.3 Å². The highest BCUT2D eigenvalue weighted by molar-refractivity contribution is 7.12. The van der Waals surface area contributed by atoms with Gasteiger partial charge in [0.15, 0.2) is 0 Å². The van der Waals surface area contributed by atoms with Gasteiger partial charge >= 0.3 is 5.97 Å². The molecule has 0 aliphatic heterocycles. The first kappa shape index (κ1) is 14.7. The van der Waals surface area contributed by atoms with Gasteiger partial charge in [-0.25, -0.2) is 0 Å². The van der Waals surface area contributed by atoms with E-state index in [1.165, 1.54) is 4.88 Å². The summed E-state index contributed by atoms with van der Waals surface area (Å²) in [7, 11) is 0. The van der Waals surface area contributed by atoms with Crippen LogP contribution in [0.15, 0.2) is 12.1 Å². The molecule has 100 valence electrons. The van der Waals surface area contributed by atoms with Crippen molar-refractivity contribution in [2.45, 2.75) is 40.2 Å².